The van der Waals surface area contributed by atoms with E-state index < -0.39 is 0 Å². The zero-order chi connectivity index (χ0) is 9.26. The van der Waals surface area contributed by atoms with Gasteiger partial charge in [-0.2, -0.15) is 0 Å². The summed E-state index contributed by atoms with van der Waals surface area (Å²) >= 11 is 1.85. The van der Waals surface area contributed by atoms with E-state index in [4.69, 9.17) is 10.5 Å². The number of aryl methyl sites for hydroxylation is 1. The molecule has 2 rings (SSSR count). The van der Waals surface area contributed by atoms with E-state index in [0.717, 1.165) is 17.9 Å². The lowest BCUT2D eigenvalue weighted by molar-refractivity contribution is 0.414. The Hall–Kier alpha value is -0.830. The van der Waals surface area contributed by atoms with Crippen molar-refractivity contribution in [3.05, 3.63) is 17.7 Å². The molecule has 1 aromatic rings. The van der Waals surface area contributed by atoms with Crippen molar-refractivity contribution in [2.24, 2.45) is 0 Å². The predicted octanol–water partition coefficient (Wildman–Crippen LogP) is 2.32. The minimum Gasteiger partial charge on any atom is -0.497 e. The van der Waals surface area contributed by atoms with Crippen LogP contribution in [0.2, 0.25) is 0 Å². The minimum absolute atomic E-state index is 0.860. The van der Waals surface area contributed by atoms with Crippen molar-refractivity contribution in [3.63, 3.8) is 0 Å². The van der Waals surface area contributed by atoms with Crippen LogP contribution in [0.4, 0.5) is 5.69 Å². The smallest absolute Gasteiger partial charge is 0.121 e. The molecule has 0 radical (unpaired) electrons. The predicted molar refractivity (Wildman–Crippen MR) is 56.5 cm³/mol. The summed E-state index contributed by atoms with van der Waals surface area (Å²) in [5, 5.41) is 0. The van der Waals surface area contributed by atoms with Gasteiger partial charge in [0.2, 0.25) is 0 Å². The lowest BCUT2D eigenvalue weighted by Gasteiger charge is -2.17. The number of rotatable bonds is 1. The quantitative estimate of drug-likeness (QED) is 0.698. The molecule has 0 aromatic heterocycles. The summed E-state index contributed by atoms with van der Waals surface area (Å²) in [6.45, 7) is 0. The lowest BCUT2D eigenvalue weighted by Crippen LogP contribution is -2.02. The van der Waals surface area contributed by atoms with Gasteiger partial charge in [0.25, 0.3) is 0 Å². The third-order valence-corrected chi connectivity index (χ3v) is 3.52. The summed E-state index contributed by atoms with van der Waals surface area (Å²) in [6.07, 6.45) is 2.37. The highest BCUT2D eigenvalue weighted by Crippen LogP contribution is 2.37. The summed E-state index contributed by atoms with van der Waals surface area (Å²) < 4.78 is 5.17. The zero-order valence-electron chi connectivity index (χ0n) is 7.67. The summed E-state index contributed by atoms with van der Waals surface area (Å²) in [5.74, 6) is 2.06. The fraction of sp³-hybridized carbons (Fsp3) is 0.400. The van der Waals surface area contributed by atoms with Crippen molar-refractivity contribution < 1.29 is 4.74 Å². The standard InChI is InChI=1S/C10H13NOS/c1-12-8-5-7-3-2-4-13-10(7)9(11)6-8/h5-6H,2-4,11H2,1H3. The van der Waals surface area contributed by atoms with Crippen molar-refractivity contribution >= 4 is 17.4 Å². The van der Waals surface area contributed by atoms with Crippen LogP contribution in [-0.4, -0.2) is 12.9 Å². The van der Waals surface area contributed by atoms with Crippen LogP contribution in [0.3, 0.4) is 0 Å². The Morgan fingerprint density at radius 2 is 2.31 bits per heavy atom. The first kappa shape index (κ1) is 8.75. The monoisotopic (exact) mass is 195 g/mol. The Bertz CT molecular complexity index is 325. The van der Waals surface area contributed by atoms with E-state index >= 15 is 0 Å². The summed E-state index contributed by atoms with van der Waals surface area (Å²) in [7, 11) is 1.68. The molecule has 0 bridgehead atoms. The number of nitrogen functional groups attached to an aromatic ring is 1. The normalized spacial score (nSPS) is 15.2. The van der Waals surface area contributed by atoms with E-state index in [0.29, 0.717) is 0 Å². The number of nitrogens with two attached hydrogens (primary N) is 1. The van der Waals surface area contributed by atoms with E-state index in [-0.39, 0.29) is 0 Å². The van der Waals surface area contributed by atoms with Crippen LogP contribution in [0, 0.1) is 0 Å². The van der Waals surface area contributed by atoms with Crippen molar-refractivity contribution in [2.45, 2.75) is 17.7 Å². The van der Waals surface area contributed by atoms with E-state index in [1.807, 2.05) is 17.8 Å². The van der Waals surface area contributed by atoms with E-state index in [1.165, 1.54) is 22.6 Å². The maximum absolute atomic E-state index is 5.92. The average molecular weight is 195 g/mol. The molecule has 0 atom stereocenters. The Kier molecular flexibility index (Phi) is 2.36. The van der Waals surface area contributed by atoms with Gasteiger partial charge in [0, 0.05) is 16.6 Å². The molecule has 0 amide bonds. The van der Waals surface area contributed by atoms with Crippen molar-refractivity contribution in [2.75, 3.05) is 18.6 Å². The Morgan fingerprint density at radius 3 is 3.08 bits per heavy atom. The lowest BCUT2D eigenvalue weighted by atomic mass is 10.1. The molecule has 1 aliphatic heterocycles. The van der Waals surface area contributed by atoms with E-state index in [1.54, 1.807) is 7.11 Å². The van der Waals surface area contributed by atoms with Crippen LogP contribution in [0.1, 0.15) is 12.0 Å². The van der Waals surface area contributed by atoms with Gasteiger partial charge < -0.3 is 10.5 Å². The SMILES string of the molecule is COc1cc(N)c2c(c1)CCCS2. The zero-order valence-corrected chi connectivity index (χ0v) is 8.49. The van der Waals surface area contributed by atoms with Gasteiger partial charge in [-0.25, -0.2) is 0 Å². The molecule has 0 saturated carbocycles. The number of ether oxygens (including phenoxy) is 1. The minimum atomic E-state index is 0.860. The van der Waals surface area contributed by atoms with Crippen molar-refractivity contribution in [1.29, 1.82) is 0 Å². The molecule has 0 unspecified atom stereocenters. The third kappa shape index (κ3) is 1.61. The fourth-order valence-electron chi connectivity index (χ4n) is 1.60. The molecular weight excluding hydrogens is 182 g/mol. The maximum atomic E-state index is 5.92. The molecule has 13 heavy (non-hydrogen) atoms. The van der Waals surface area contributed by atoms with Gasteiger partial charge in [-0.15, -0.1) is 11.8 Å². The number of fused-ring (bicyclic) bond motifs is 1. The summed E-state index contributed by atoms with van der Waals surface area (Å²) in [4.78, 5) is 1.26. The van der Waals surface area contributed by atoms with Gasteiger partial charge in [-0.05, 0) is 30.2 Å². The number of hydrogen-bond donors (Lipinski definition) is 1. The molecule has 0 spiro atoms. The van der Waals surface area contributed by atoms with Crippen LogP contribution in [0.15, 0.2) is 17.0 Å². The van der Waals surface area contributed by atoms with Crippen molar-refractivity contribution in [3.8, 4) is 5.75 Å². The highest BCUT2D eigenvalue weighted by atomic mass is 32.2. The highest BCUT2D eigenvalue weighted by Gasteiger charge is 2.13. The first-order valence-electron chi connectivity index (χ1n) is 4.40. The van der Waals surface area contributed by atoms with E-state index in [9.17, 15) is 0 Å². The fourth-order valence-corrected chi connectivity index (χ4v) is 2.66. The first-order valence-corrected chi connectivity index (χ1v) is 5.39. The van der Waals surface area contributed by atoms with Gasteiger partial charge >= 0.3 is 0 Å². The Morgan fingerprint density at radius 1 is 1.46 bits per heavy atom. The van der Waals surface area contributed by atoms with Gasteiger partial charge in [0.05, 0.1) is 7.11 Å². The summed E-state index contributed by atoms with van der Waals surface area (Å²) in [5.41, 5.74) is 8.12. The second-order valence-electron chi connectivity index (χ2n) is 3.16. The molecule has 1 heterocycles. The molecule has 1 aromatic carbocycles. The van der Waals surface area contributed by atoms with Crippen LogP contribution >= 0.6 is 11.8 Å². The largest absolute Gasteiger partial charge is 0.497 e. The van der Waals surface area contributed by atoms with Gasteiger partial charge in [-0.3, -0.25) is 0 Å². The number of anilines is 1. The first-order chi connectivity index (χ1) is 6.31. The average Bonchev–Trinajstić information content (AvgIpc) is 2.18. The second kappa shape index (κ2) is 3.50. The molecule has 0 fully saturated rings. The summed E-state index contributed by atoms with van der Waals surface area (Å²) in [6, 6.07) is 4.00. The molecule has 70 valence electrons. The molecule has 2 nitrogen and oxygen atoms in total. The Labute approximate surface area is 82.5 Å². The van der Waals surface area contributed by atoms with Crippen LogP contribution < -0.4 is 10.5 Å². The van der Waals surface area contributed by atoms with E-state index in [2.05, 4.69) is 6.07 Å². The number of benzene rings is 1. The Balaban J connectivity index is 2.47. The number of thioether (sulfide) groups is 1. The van der Waals surface area contributed by atoms with Gasteiger partial charge in [0.15, 0.2) is 0 Å². The molecule has 1 aliphatic rings. The third-order valence-electron chi connectivity index (χ3n) is 2.24. The molecular formula is C10H13NOS. The molecule has 3 heteroatoms. The van der Waals surface area contributed by atoms with Crippen molar-refractivity contribution in [1.82, 2.24) is 0 Å². The number of hydrogen-bond acceptors (Lipinski definition) is 3. The van der Waals surface area contributed by atoms with Crippen LogP contribution in [-0.2, 0) is 6.42 Å². The number of methoxy groups -OCH3 is 1. The topological polar surface area (TPSA) is 35.2 Å². The highest BCUT2D eigenvalue weighted by molar-refractivity contribution is 7.99. The molecule has 2 N–H and O–H groups in total. The van der Waals surface area contributed by atoms with Crippen LogP contribution in [0.5, 0.6) is 5.75 Å². The van der Waals surface area contributed by atoms with Gasteiger partial charge in [-0.1, -0.05) is 0 Å². The molecule has 0 saturated heterocycles. The second-order valence-corrected chi connectivity index (χ2v) is 4.26. The molecule has 0 aliphatic carbocycles. The van der Waals surface area contributed by atoms with Gasteiger partial charge in [0.1, 0.15) is 5.75 Å². The maximum Gasteiger partial charge on any atom is 0.121 e. The van der Waals surface area contributed by atoms with Crippen LogP contribution in [0.25, 0.3) is 0 Å².